The van der Waals surface area contributed by atoms with Crippen molar-refractivity contribution in [2.45, 2.75) is 24.7 Å². The normalized spacial score (nSPS) is 15.9. The van der Waals surface area contributed by atoms with Crippen LogP contribution in [0.2, 0.25) is 0 Å². The monoisotopic (exact) mass is 466 g/mol. The quantitative estimate of drug-likeness (QED) is 0.700. The van der Waals surface area contributed by atoms with Gasteiger partial charge in [0, 0.05) is 29.2 Å². The predicted molar refractivity (Wildman–Crippen MR) is 112 cm³/mol. The van der Waals surface area contributed by atoms with Gasteiger partial charge in [-0.15, -0.1) is 0 Å². The maximum atomic E-state index is 12.8. The third-order valence-electron chi connectivity index (χ3n) is 4.69. The van der Waals surface area contributed by atoms with Gasteiger partial charge >= 0.3 is 0 Å². The number of rotatable bonds is 6. The number of hydrogen-bond acceptors (Lipinski definition) is 4. The molecule has 6 nitrogen and oxygen atoms in total. The van der Waals surface area contributed by atoms with Gasteiger partial charge in [0.05, 0.1) is 11.5 Å². The molecule has 1 heterocycles. The van der Waals surface area contributed by atoms with E-state index in [1.807, 2.05) is 31.2 Å². The maximum Gasteiger partial charge on any atom is 0.243 e. The lowest BCUT2D eigenvalue weighted by atomic mass is 9.97. The van der Waals surface area contributed by atoms with E-state index in [-0.39, 0.29) is 16.7 Å². The Morgan fingerprint density at radius 2 is 1.86 bits per heavy atom. The van der Waals surface area contributed by atoms with Gasteiger partial charge in [-0.1, -0.05) is 22.0 Å². The Bertz CT molecular complexity index is 923. The van der Waals surface area contributed by atoms with E-state index in [2.05, 4.69) is 21.2 Å². The Kier molecular flexibility index (Phi) is 6.74. The van der Waals surface area contributed by atoms with Gasteiger partial charge in [0.25, 0.3) is 0 Å². The zero-order valence-corrected chi connectivity index (χ0v) is 18.0. The van der Waals surface area contributed by atoms with Crippen LogP contribution in [0.5, 0.6) is 5.75 Å². The molecule has 28 heavy (non-hydrogen) atoms. The number of carbonyl (C=O) groups is 1. The highest BCUT2D eigenvalue weighted by Crippen LogP contribution is 2.26. The fourth-order valence-corrected chi connectivity index (χ4v) is 5.06. The highest BCUT2D eigenvalue weighted by atomic mass is 79.9. The van der Waals surface area contributed by atoms with E-state index in [1.165, 1.54) is 4.31 Å². The molecule has 3 rings (SSSR count). The van der Waals surface area contributed by atoms with E-state index in [1.54, 1.807) is 24.3 Å². The second kappa shape index (κ2) is 9.07. The number of benzene rings is 2. The summed E-state index contributed by atoms with van der Waals surface area (Å²) in [6.45, 7) is 3.06. The van der Waals surface area contributed by atoms with Gasteiger partial charge in [0.1, 0.15) is 5.75 Å². The van der Waals surface area contributed by atoms with Crippen molar-refractivity contribution in [2.24, 2.45) is 5.92 Å². The largest absolute Gasteiger partial charge is 0.494 e. The Morgan fingerprint density at radius 3 is 2.46 bits per heavy atom. The first kappa shape index (κ1) is 20.8. The van der Waals surface area contributed by atoms with E-state index in [0.717, 1.165) is 10.2 Å². The Hall–Kier alpha value is -1.90. The number of nitrogens with one attached hydrogen (secondary N) is 1. The summed E-state index contributed by atoms with van der Waals surface area (Å²) in [5.41, 5.74) is 0.726. The molecule has 1 amide bonds. The van der Waals surface area contributed by atoms with Crippen LogP contribution in [0, 0.1) is 5.92 Å². The minimum atomic E-state index is -3.57. The van der Waals surface area contributed by atoms with Crippen LogP contribution < -0.4 is 10.1 Å². The van der Waals surface area contributed by atoms with Crippen LogP contribution in [0.1, 0.15) is 19.8 Å². The summed E-state index contributed by atoms with van der Waals surface area (Å²) in [6, 6.07) is 13.9. The molecule has 0 radical (unpaired) electrons. The van der Waals surface area contributed by atoms with E-state index < -0.39 is 10.0 Å². The van der Waals surface area contributed by atoms with Gasteiger partial charge in [0.15, 0.2) is 0 Å². The highest BCUT2D eigenvalue weighted by molar-refractivity contribution is 9.10. The van der Waals surface area contributed by atoms with Crippen molar-refractivity contribution in [1.29, 1.82) is 0 Å². The minimum absolute atomic E-state index is 0.0729. The predicted octanol–water partition coefficient (Wildman–Crippen LogP) is 3.89. The highest BCUT2D eigenvalue weighted by Gasteiger charge is 2.32. The summed E-state index contributed by atoms with van der Waals surface area (Å²) < 4.78 is 33.4. The molecule has 2 aromatic carbocycles. The Balaban J connectivity index is 1.60. The number of ether oxygens (including phenoxy) is 1. The van der Waals surface area contributed by atoms with Crippen LogP contribution in [-0.4, -0.2) is 38.3 Å². The van der Waals surface area contributed by atoms with Crippen molar-refractivity contribution in [3.8, 4) is 5.75 Å². The molecule has 0 bridgehead atoms. The average Bonchev–Trinajstić information content (AvgIpc) is 2.69. The molecule has 1 aliphatic heterocycles. The Labute approximate surface area is 174 Å². The third kappa shape index (κ3) is 4.92. The number of carbonyl (C=O) groups excluding carboxylic acids is 1. The summed E-state index contributed by atoms with van der Waals surface area (Å²) in [7, 11) is -3.57. The zero-order valence-electron chi connectivity index (χ0n) is 15.6. The molecule has 0 atom stereocenters. The number of halogens is 1. The van der Waals surface area contributed by atoms with Crippen molar-refractivity contribution in [1.82, 2.24) is 4.31 Å². The van der Waals surface area contributed by atoms with Crippen LogP contribution in [-0.2, 0) is 14.8 Å². The first-order valence-electron chi connectivity index (χ1n) is 9.19. The second-order valence-corrected chi connectivity index (χ2v) is 9.44. The molecule has 0 aliphatic carbocycles. The van der Waals surface area contributed by atoms with Gasteiger partial charge in [-0.3, -0.25) is 4.79 Å². The third-order valence-corrected chi connectivity index (χ3v) is 7.10. The number of nitrogens with zero attached hydrogens (tertiary/aromatic N) is 1. The Morgan fingerprint density at radius 1 is 1.18 bits per heavy atom. The van der Waals surface area contributed by atoms with Crippen LogP contribution in [0.25, 0.3) is 0 Å². The standard InChI is InChI=1S/C20H23BrN2O4S/c1-2-27-18-6-8-19(9-7-18)28(25,26)23-12-10-15(11-13-23)20(24)22-17-5-3-4-16(21)14-17/h3-9,14-15H,2,10-13H2,1H3,(H,22,24). The van der Waals surface area contributed by atoms with E-state index in [4.69, 9.17) is 4.74 Å². The summed E-state index contributed by atoms with van der Waals surface area (Å²) in [5.74, 6) is 0.367. The van der Waals surface area contributed by atoms with Crippen molar-refractivity contribution < 1.29 is 17.9 Å². The molecule has 1 fully saturated rings. The van der Waals surface area contributed by atoms with Gasteiger partial charge in [-0.05, 0) is 62.2 Å². The lowest BCUT2D eigenvalue weighted by molar-refractivity contribution is -0.120. The first-order valence-corrected chi connectivity index (χ1v) is 11.4. The summed E-state index contributed by atoms with van der Waals surface area (Å²) in [4.78, 5) is 12.7. The number of anilines is 1. The molecule has 2 aromatic rings. The van der Waals surface area contributed by atoms with Gasteiger partial charge in [-0.25, -0.2) is 8.42 Å². The fourth-order valence-electron chi connectivity index (χ4n) is 3.19. The van der Waals surface area contributed by atoms with Crippen LogP contribution >= 0.6 is 15.9 Å². The van der Waals surface area contributed by atoms with Gasteiger partial charge in [-0.2, -0.15) is 4.31 Å². The van der Waals surface area contributed by atoms with E-state index >= 15 is 0 Å². The van der Waals surface area contributed by atoms with E-state index in [0.29, 0.717) is 38.3 Å². The first-order chi connectivity index (χ1) is 13.4. The molecule has 8 heteroatoms. The molecule has 0 unspecified atom stereocenters. The zero-order chi connectivity index (χ0) is 20.1. The molecule has 1 aliphatic rings. The average molecular weight is 467 g/mol. The molecule has 0 aromatic heterocycles. The lowest BCUT2D eigenvalue weighted by Gasteiger charge is -2.30. The molecular formula is C20H23BrN2O4S. The van der Waals surface area contributed by atoms with Crippen molar-refractivity contribution >= 4 is 37.5 Å². The van der Waals surface area contributed by atoms with Crippen LogP contribution in [0.3, 0.4) is 0 Å². The number of hydrogen-bond donors (Lipinski definition) is 1. The summed E-state index contributed by atoms with van der Waals surface area (Å²) >= 11 is 3.38. The van der Waals surface area contributed by atoms with Crippen LogP contribution in [0.15, 0.2) is 57.9 Å². The SMILES string of the molecule is CCOc1ccc(S(=O)(=O)N2CCC(C(=O)Nc3cccc(Br)c3)CC2)cc1. The van der Waals surface area contributed by atoms with Crippen LogP contribution in [0.4, 0.5) is 5.69 Å². The van der Waals surface area contributed by atoms with Crippen molar-refractivity contribution in [2.75, 3.05) is 25.0 Å². The molecule has 0 saturated carbocycles. The van der Waals surface area contributed by atoms with Crippen molar-refractivity contribution in [3.05, 3.63) is 53.0 Å². The van der Waals surface area contributed by atoms with E-state index in [9.17, 15) is 13.2 Å². The van der Waals surface area contributed by atoms with Gasteiger partial charge in [0.2, 0.25) is 15.9 Å². The molecule has 1 saturated heterocycles. The lowest BCUT2D eigenvalue weighted by Crippen LogP contribution is -2.41. The maximum absolute atomic E-state index is 12.8. The molecule has 1 N–H and O–H groups in total. The molecular weight excluding hydrogens is 444 g/mol. The van der Waals surface area contributed by atoms with Crippen molar-refractivity contribution in [3.63, 3.8) is 0 Å². The summed E-state index contributed by atoms with van der Waals surface area (Å²) in [5, 5.41) is 2.91. The fraction of sp³-hybridized carbons (Fsp3) is 0.350. The van der Waals surface area contributed by atoms with Gasteiger partial charge < -0.3 is 10.1 Å². The molecule has 150 valence electrons. The summed E-state index contributed by atoms with van der Waals surface area (Å²) in [6.07, 6.45) is 0.992. The smallest absolute Gasteiger partial charge is 0.243 e. The minimum Gasteiger partial charge on any atom is -0.494 e. The number of amides is 1. The second-order valence-electron chi connectivity index (χ2n) is 6.58. The number of sulfonamides is 1. The molecule has 0 spiro atoms. The number of piperidine rings is 1. The topological polar surface area (TPSA) is 75.7 Å².